The van der Waals surface area contributed by atoms with Crippen molar-refractivity contribution in [2.75, 3.05) is 14.2 Å². The lowest BCUT2D eigenvalue weighted by Crippen LogP contribution is -2.36. The van der Waals surface area contributed by atoms with Gasteiger partial charge in [0.25, 0.3) is 0 Å². The highest BCUT2D eigenvalue weighted by Gasteiger charge is 2.63. The Morgan fingerprint density at radius 3 is 1.91 bits per heavy atom. The molecule has 0 spiro atoms. The SMILES string of the molecule is CCC1=C(CC)[C@H]2[C@@H](C1=O)[C@H]1O[C@@H]2C(C(=O)OC)=C1C(=O)OC. The number of carbonyl (C=O) groups is 3. The lowest BCUT2D eigenvalue weighted by Gasteiger charge is -2.25. The standard InChI is InChI=1S/C17H20O6/c1-5-7-8(6-2)13(18)10-9(7)14-11(16(19)21-3)12(15(10)23-14)17(20)22-4/h9-10,14-15H,5-6H2,1-4H3/t9-,10-,14-,15+/m0/s1. The molecule has 1 saturated heterocycles. The Morgan fingerprint density at radius 2 is 1.48 bits per heavy atom. The number of rotatable bonds is 4. The first-order chi connectivity index (χ1) is 11.0. The molecule has 0 amide bonds. The molecule has 2 heterocycles. The fraction of sp³-hybridized carbons (Fsp3) is 0.588. The average Bonchev–Trinajstić information content (AvgIpc) is 3.20. The zero-order valence-electron chi connectivity index (χ0n) is 13.7. The monoisotopic (exact) mass is 320 g/mol. The van der Waals surface area contributed by atoms with Crippen LogP contribution in [0.3, 0.4) is 0 Å². The summed E-state index contributed by atoms with van der Waals surface area (Å²) in [5.41, 5.74) is 2.21. The number of carbonyl (C=O) groups excluding carboxylic acids is 3. The fourth-order valence-electron chi connectivity index (χ4n) is 4.29. The van der Waals surface area contributed by atoms with Gasteiger partial charge in [-0.1, -0.05) is 19.4 Å². The second-order valence-corrected chi connectivity index (χ2v) is 5.91. The molecule has 6 nitrogen and oxygen atoms in total. The zero-order valence-corrected chi connectivity index (χ0v) is 13.7. The Labute approximate surface area is 134 Å². The smallest absolute Gasteiger partial charge is 0.337 e. The molecule has 0 aromatic heterocycles. The van der Waals surface area contributed by atoms with Crippen LogP contribution in [0.25, 0.3) is 0 Å². The molecule has 1 fully saturated rings. The van der Waals surface area contributed by atoms with Crippen molar-refractivity contribution in [3.8, 4) is 0 Å². The molecule has 4 atom stereocenters. The van der Waals surface area contributed by atoms with E-state index in [1.165, 1.54) is 14.2 Å². The summed E-state index contributed by atoms with van der Waals surface area (Å²) in [5.74, 6) is -1.79. The van der Waals surface area contributed by atoms with Crippen molar-refractivity contribution in [2.45, 2.75) is 38.9 Å². The van der Waals surface area contributed by atoms with E-state index in [0.29, 0.717) is 6.42 Å². The lowest BCUT2D eigenvalue weighted by molar-refractivity contribution is -0.140. The van der Waals surface area contributed by atoms with E-state index < -0.39 is 30.1 Å². The Bertz CT molecular complexity index is 656. The number of ketones is 1. The predicted octanol–water partition coefficient (Wildman–Crippen LogP) is 1.34. The van der Waals surface area contributed by atoms with E-state index in [0.717, 1.165) is 17.6 Å². The molecule has 0 saturated carbocycles. The number of Topliss-reactive ketones (excluding diaryl/α,β-unsaturated/α-hetero) is 1. The largest absolute Gasteiger partial charge is 0.466 e. The van der Waals surface area contributed by atoms with Crippen LogP contribution in [0.1, 0.15) is 26.7 Å². The molecule has 2 bridgehead atoms. The van der Waals surface area contributed by atoms with Crippen molar-refractivity contribution in [1.82, 2.24) is 0 Å². The number of hydrogen-bond acceptors (Lipinski definition) is 6. The maximum Gasteiger partial charge on any atom is 0.337 e. The van der Waals surface area contributed by atoms with Crippen LogP contribution < -0.4 is 0 Å². The van der Waals surface area contributed by atoms with Crippen LogP contribution >= 0.6 is 0 Å². The summed E-state index contributed by atoms with van der Waals surface area (Å²) in [6.07, 6.45) is 0.0550. The quantitative estimate of drug-likeness (QED) is 0.727. The molecule has 6 heteroatoms. The minimum absolute atomic E-state index is 0.0344. The second kappa shape index (κ2) is 5.60. The minimum atomic E-state index is -0.718. The van der Waals surface area contributed by atoms with E-state index in [2.05, 4.69) is 0 Å². The molecular formula is C17H20O6. The van der Waals surface area contributed by atoms with Gasteiger partial charge in [-0.05, 0) is 18.4 Å². The van der Waals surface area contributed by atoms with E-state index in [1.54, 1.807) is 0 Å². The molecule has 0 aromatic rings. The molecule has 23 heavy (non-hydrogen) atoms. The lowest BCUT2D eigenvalue weighted by atomic mass is 9.74. The maximum absolute atomic E-state index is 12.8. The average molecular weight is 320 g/mol. The van der Waals surface area contributed by atoms with Gasteiger partial charge in [0.15, 0.2) is 5.78 Å². The Morgan fingerprint density at radius 1 is 0.957 bits per heavy atom. The number of methoxy groups -OCH3 is 2. The van der Waals surface area contributed by atoms with Gasteiger partial charge in [0.1, 0.15) is 6.10 Å². The molecule has 3 rings (SSSR count). The molecule has 124 valence electrons. The summed E-state index contributed by atoms with van der Waals surface area (Å²) in [6.45, 7) is 3.94. The molecule has 0 radical (unpaired) electrons. The van der Waals surface area contributed by atoms with Gasteiger partial charge in [0.05, 0.1) is 37.4 Å². The van der Waals surface area contributed by atoms with Crippen LogP contribution in [-0.2, 0) is 28.6 Å². The molecule has 0 N–H and O–H groups in total. The van der Waals surface area contributed by atoms with E-state index in [9.17, 15) is 14.4 Å². The second-order valence-electron chi connectivity index (χ2n) is 5.91. The van der Waals surface area contributed by atoms with E-state index in [1.807, 2.05) is 13.8 Å². The van der Waals surface area contributed by atoms with Gasteiger partial charge in [-0.15, -0.1) is 0 Å². The summed E-state index contributed by atoms with van der Waals surface area (Å²) >= 11 is 0. The number of esters is 2. The van der Waals surface area contributed by atoms with Crippen molar-refractivity contribution >= 4 is 17.7 Å². The maximum atomic E-state index is 12.8. The van der Waals surface area contributed by atoms with Crippen LogP contribution in [0.2, 0.25) is 0 Å². The third kappa shape index (κ3) is 1.94. The molecule has 3 aliphatic rings. The van der Waals surface area contributed by atoms with Gasteiger partial charge < -0.3 is 14.2 Å². The van der Waals surface area contributed by atoms with Crippen molar-refractivity contribution in [1.29, 1.82) is 0 Å². The normalized spacial score (nSPS) is 31.7. The number of allylic oxidation sites excluding steroid dienone is 1. The summed E-state index contributed by atoms with van der Waals surface area (Å²) in [6, 6.07) is 0. The van der Waals surface area contributed by atoms with Crippen LogP contribution in [0.5, 0.6) is 0 Å². The van der Waals surface area contributed by atoms with Gasteiger partial charge >= 0.3 is 11.9 Å². The van der Waals surface area contributed by atoms with Crippen LogP contribution in [-0.4, -0.2) is 44.1 Å². The number of fused-ring (bicyclic) bond motifs is 5. The zero-order chi connectivity index (χ0) is 16.9. The van der Waals surface area contributed by atoms with Crippen LogP contribution in [0.15, 0.2) is 22.3 Å². The Kier molecular flexibility index (Phi) is 3.88. The highest BCUT2D eigenvalue weighted by Crippen LogP contribution is 2.56. The molecule has 1 aliphatic carbocycles. The first-order valence-corrected chi connectivity index (χ1v) is 7.83. The first-order valence-electron chi connectivity index (χ1n) is 7.83. The van der Waals surface area contributed by atoms with Crippen LogP contribution in [0.4, 0.5) is 0 Å². The third-order valence-electron chi connectivity index (χ3n) is 5.13. The Balaban J connectivity index is 2.12. The van der Waals surface area contributed by atoms with Crippen molar-refractivity contribution in [3.05, 3.63) is 22.3 Å². The van der Waals surface area contributed by atoms with Gasteiger partial charge in [-0.3, -0.25) is 4.79 Å². The third-order valence-corrected chi connectivity index (χ3v) is 5.13. The molecule has 0 unspecified atom stereocenters. The topological polar surface area (TPSA) is 78.9 Å². The van der Waals surface area contributed by atoms with Crippen LogP contribution in [0, 0.1) is 11.8 Å². The first kappa shape index (κ1) is 15.9. The number of ether oxygens (including phenoxy) is 3. The molecule has 0 aromatic carbocycles. The van der Waals surface area contributed by atoms with E-state index in [-0.39, 0.29) is 22.8 Å². The van der Waals surface area contributed by atoms with Gasteiger partial charge in [0, 0.05) is 5.92 Å². The van der Waals surface area contributed by atoms with E-state index in [4.69, 9.17) is 14.2 Å². The Hall–Kier alpha value is -1.95. The van der Waals surface area contributed by atoms with Gasteiger partial charge in [0.2, 0.25) is 0 Å². The molecular weight excluding hydrogens is 300 g/mol. The minimum Gasteiger partial charge on any atom is -0.466 e. The predicted molar refractivity (Wildman–Crippen MR) is 79.3 cm³/mol. The van der Waals surface area contributed by atoms with Crippen molar-refractivity contribution in [3.63, 3.8) is 0 Å². The summed E-state index contributed by atoms with van der Waals surface area (Å²) < 4.78 is 15.5. The van der Waals surface area contributed by atoms with E-state index >= 15 is 0 Å². The highest BCUT2D eigenvalue weighted by molar-refractivity contribution is 6.08. The molecule has 2 aliphatic heterocycles. The highest BCUT2D eigenvalue weighted by atomic mass is 16.5. The summed E-state index contributed by atoms with van der Waals surface area (Å²) in [4.78, 5) is 37.1. The van der Waals surface area contributed by atoms with Gasteiger partial charge in [-0.2, -0.15) is 0 Å². The summed E-state index contributed by atoms with van der Waals surface area (Å²) in [7, 11) is 2.51. The number of hydrogen-bond donors (Lipinski definition) is 0. The fourth-order valence-corrected chi connectivity index (χ4v) is 4.29. The summed E-state index contributed by atoms with van der Waals surface area (Å²) in [5, 5.41) is 0. The van der Waals surface area contributed by atoms with Gasteiger partial charge in [-0.25, -0.2) is 9.59 Å². The van der Waals surface area contributed by atoms with Crippen molar-refractivity contribution < 1.29 is 28.6 Å². The van der Waals surface area contributed by atoms with Crippen molar-refractivity contribution in [2.24, 2.45) is 11.8 Å².